The van der Waals surface area contributed by atoms with E-state index in [4.69, 9.17) is 0 Å². The van der Waals surface area contributed by atoms with Gasteiger partial charge in [-0.3, -0.25) is 4.79 Å². The number of rotatable bonds is 5. The molecule has 0 radical (unpaired) electrons. The maximum atomic E-state index is 13.7. The fourth-order valence-corrected chi connectivity index (χ4v) is 2.75. The number of carbonyl (C=O) groups is 1. The van der Waals surface area contributed by atoms with Crippen LogP contribution in [-0.2, 0) is 17.6 Å². The van der Waals surface area contributed by atoms with E-state index in [1.165, 1.54) is 6.08 Å². The zero-order chi connectivity index (χ0) is 16.1. The van der Waals surface area contributed by atoms with Crippen molar-refractivity contribution in [2.75, 3.05) is 0 Å². The fraction of sp³-hybridized carbons (Fsp3) is 0.412. The summed E-state index contributed by atoms with van der Waals surface area (Å²) in [7, 11) is 0. The molecule has 5 heteroatoms. The molecule has 0 saturated heterocycles. The summed E-state index contributed by atoms with van der Waals surface area (Å²) in [5.74, 6) is -0.383. The van der Waals surface area contributed by atoms with Crippen LogP contribution in [0.3, 0.4) is 0 Å². The Morgan fingerprint density at radius 2 is 2.23 bits per heavy atom. The molecular weight excluding hydrogens is 286 g/mol. The van der Waals surface area contributed by atoms with Gasteiger partial charge in [0, 0.05) is 17.7 Å². The average Bonchev–Trinajstić information content (AvgIpc) is 2.88. The number of nitrogens with one attached hydrogen (secondary N) is 1. The Kier molecular flexibility index (Phi) is 5.41. The summed E-state index contributed by atoms with van der Waals surface area (Å²) >= 11 is 0. The van der Waals surface area contributed by atoms with Crippen molar-refractivity contribution in [2.24, 2.45) is 0 Å². The largest absolute Gasteiger partial charge is 0.345 e. The van der Waals surface area contributed by atoms with Gasteiger partial charge in [-0.15, -0.1) is 0 Å². The number of Topliss-reactive ketones (excluding diaryl/α,β-unsaturated/α-hetero) is 1. The number of aromatic nitrogens is 2. The molecule has 1 aliphatic carbocycles. The minimum atomic E-state index is -0.879. The number of allylic oxidation sites excluding steroid dienone is 5. The molecular formula is C17H20F2N2O. The number of aromatic amines is 1. The SMILES string of the molecule is C\C=C/C(C(=O)Cc1nc2c([nH]1)CCCC2C)=C(F)\C=C\F. The number of hydrogen-bond acceptors (Lipinski definition) is 2. The van der Waals surface area contributed by atoms with E-state index in [-0.39, 0.29) is 18.3 Å². The van der Waals surface area contributed by atoms with E-state index < -0.39 is 11.6 Å². The Hall–Kier alpha value is -2.04. The molecule has 0 aromatic carbocycles. The number of halogens is 2. The van der Waals surface area contributed by atoms with Crippen molar-refractivity contribution in [3.05, 3.63) is 53.2 Å². The number of imidazole rings is 1. The highest BCUT2D eigenvalue weighted by Crippen LogP contribution is 2.29. The molecule has 1 aliphatic rings. The molecule has 1 atom stereocenters. The van der Waals surface area contributed by atoms with Crippen LogP contribution in [0.1, 0.15) is 49.8 Å². The molecule has 0 saturated carbocycles. The van der Waals surface area contributed by atoms with Gasteiger partial charge in [0.15, 0.2) is 5.78 Å². The molecule has 22 heavy (non-hydrogen) atoms. The zero-order valence-electron chi connectivity index (χ0n) is 12.8. The smallest absolute Gasteiger partial charge is 0.173 e. The minimum Gasteiger partial charge on any atom is -0.345 e. The predicted octanol–water partition coefficient (Wildman–Crippen LogP) is 4.24. The average molecular weight is 306 g/mol. The lowest BCUT2D eigenvalue weighted by atomic mass is 9.92. The third-order valence-electron chi connectivity index (χ3n) is 3.82. The molecule has 0 aliphatic heterocycles. The first-order chi connectivity index (χ1) is 10.6. The van der Waals surface area contributed by atoms with Gasteiger partial charge in [0.2, 0.25) is 0 Å². The lowest BCUT2D eigenvalue weighted by Crippen LogP contribution is -2.08. The number of aryl methyl sites for hydroxylation is 1. The van der Waals surface area contributed by atoms with Gasteiger partial charge in [0.1, 0.15) is 11.7 Å². The van der Waals surface area contributed by atoms with Crippen molar-refractivity contribution in [3.8, 4) is 0 Å². The van der Waals surface area contributed by atoms with Gasteiger partial charge in [-0.25, -0.2) is 13.8 Å². The second-order valence-electron chi connectivity index (χ2n) is 5.49. The normalized spacial score (nSPS) is 19.5. The number of carbonyl (C=O) groups excluding carboxylic acids is 1. The lowest BCUT2D eigenvalue weighted by Gasteiger charge is -2.15. The van der Waals surface area contributed by atoms with Gasteiger partial charge < -0.3 is 4.98 Å². The molecule has 118 valence electrons. The topological polar surface area (TPSA) is 45.8 Å². The molecule has 1 heterocycles. The van der Waals surface area contributed by atoms with Crippen LogP contribution in [-0.4, -0.2) is 15.8 Å². The molecule has 1 unspecified atom stereocenters. The first-order valence-electron chi connectivity index (χ1n) is 7.46. The molecule has 1 N–H and O–H groups in total. The molecule has 3 nitrogen and oxygen atoms in total. The molecule has 2 rings (SSSR count). The number of nitrogens with zero attached hydrogens (tertiary/aromatic N) is 1. The van der Waals surface area contributed by atoms with Crippen molar-refractivity contribution in [2.45, 2.75) is 45.4 Å². The van der Waals surface area contributed by atoms with Crippen LogP contribution in [0.2, 0.25) is 0 Å². The van der Waals surface area contributed by atoms with E-state index in [0.717, 1.165) is 30.7 Å². The number of H-pyrrole nitrogens is 1. The molecule has 1 aromatic rings. The summed E-state index contributed by atoms with van der Waals surface area (Å²) < 4.78 is 25.9. The van der Waals surface area contributed by atoms with Crippen LogP contribution < -0.4 is 0 Å². The van der Waals surface area contributed by atoms with E-state index in [9.17, 15) is 13.6 Å². The Balaban J connectivity index is 2.22. The summed E-state index contributed by atoms with van der Waals surface area (Å²) in [6, 6.07) is 0. The number of fused-ring (bicyclic) bond motifs is 1. The van der Waals surface area contributed by atoms with Crippen molar-refractivity contribution in [1.82, 2.24) is 9.97 Å². The van der Waals surface area contributed by atoms with Crippen LogP contribution in [0, 0.1) is 0 Å². The van der Waals surface area contributed by atoms with E-state index in [1.807, 2.05) is 0 Å². The van der Waals surface area contributed by atoms with Crippen molar-refractivity contribution in [3.63, 3.8) is 0 Å². The van der Waals surface area contributed by atoms with Gasteiger partial charge in [0.25, 0.3) is 0 Å². The summed E-state index contributed by atoms with van der Waals surface area (Å²) in [6.45, 7) is 3.79. The maximum absolute atomic E-state index is 13.7. The molecule has 1 aromatic heterocycles. The first kappa shape index (κ1) is 16.3. The third-order valence-corrected chi connectivity index (χ3v) is 3.82. The van der Waals surface area contributed by atoms with E-state index >= 15 is 0 Å². The van der Waals surface area contributed by atoms with Gasteiger partial charge >= 0.3 is 0 Å². The summed E-state index contributed by atoms with van der Waals surface area (Å²) in [5, 5.41) is 0. The number of hydrogen-bond donors (Lipinski definition) is 1. The van der Waals surface area contributed by atoms with Gasteiger partial charge in [-0.2, -0.15) is 0 Å². The monoisotopic (exact) mass is 306 g/mol. The fourth-order valence-electron chi connectivity index (χ4n) is 2.75. The van der Waals surface area contributed by atoms with E-state index in [0.29, 0.717) is 17.8 Å². The second-order valence-corrected chi connectivity index (χ2v) is 5.49. The Bertz CT molecular complexity index is 641. The van der Waals surface area contributed by atoms with Crippen LogP contribution in [0.4, 0.5) is 8.78 Å². The van der Waals surface area contributed by atoms with Crippen LogP contribution >= 0.6 is 0 Å². The Morgan fingerprint density at radius 3 is 2.86 bits per heavy atom. The lowest BCUT2D eigenvalue weighted by molar-refractivity contribution is -0.114. The molecule has 0 bridgehead atoms. The highest BCUT2D eigenvalue weighted by molar-refractivity contribution is 5.99. The standard InChI is InChI=1S/C17H20F2N2O/c1-3-5-12(13(19)8-9-18)15(22)10-16-20-14-7-4-6-11(2)17(14)21-16/h3,5,8-9,11H,4,6-7,10H2,1-2H3,(H,20,21)/b5-3-,9-8+,13-12-. The molecule has 0 spiro atoms. The summed E-state index contributed by atoms with van der Waals surface area (Å²) in [4.78, 5) is 19.9. The van der Waals surface area contributed by atoms with Gasteiger partial charge in [0.05, 0.1) is 24.0 Å². The van der Waals surface area contributed by atoms with E-state index in [2.05, 4.69) is 16.9 Å². The maximum Gasteiger partial charge on any atom is 0.173 e. The van der Waals surface area contributed by atoms with Crippen molar-refractivity contribution < 1.29 is 13.6 Å². The third kappa shape index (κ3) is 3.59. The minimum absolute atomic E-state index is 0.0209. The zero-order valence-corrected chi connectivity index (χ0v) is 12.8. The number of ketones is 1. The van der Waals surface area contributed by atoms with Gasteiger partial charge in [-0.1, -0.05) is 19.1 Å². The van der Waals surface area contributed by atoms with Crippen LogP contribution in [0.25, 0.3) is 0 Å². The first-order valence-corrected chi connectivity index (χ1v) is 7.46. The molecule has 0 fully saturated rings. The van der Waals surface area contributed by atoms with E-state index in [1.54, 1.807) is 13.0 Å². The quantitative estimate of drug-likeness (QED) is 0.653. The highest BCUT2D eigenvalue weighted by Gasteiger charge is 2.22. The van der Waals surface area contributed by atoms with Gasteiger partial charge in [-0.05, 0) is 26.2 Å². The predicted molar refractivity (Wildman–Crippen MR) is 81.8 cm³/mol. The highest BCUT2D eigenvalue weighted by atomic mass is 19.1. The van der Waals surface area contributed by atoms with Crippen LogP contribution in [0.5, 0.6) is 0 Å². The van der Waals surface area contributed by atoms with Crippen molar-refractivity contribution in [1.29, 1.82) is 0 Å². The van der Waals surface area contributed by atoms with Crippen molar-refractivity contribution >= 4 is 5.78 Å². The molecule has 0 amide bonds. The second kappa shape index (κ2) is 7.29. The Labute approximate surface area is 128 Å². The summed E-state index contributed by atoms with van der Waals surface area (Å²) in [5.41, 5.74) is 1.94. The summed E-state index contributed by atoms with van der Waals surface area (Å²) in [6.07, 6.45) is 6.72. The Morgan fingerprint density at radius 1 is 1.45 bits per heavy atom. The van der Waals surface area contributed by atoms with Crippen LogP contribution in [0.15, 0.2) is 36.0 Å².